The summed E-state index contributed by atoms with van der Waals surface area (Å²) in [7, 11) is 1.54. The van der Waals surface area contributed by atoms with E-state index in [2.05, 4.69) is 0 Å². The van der Waals surface area contributed by atoms with Gasteiger partial charge in [-0.25, -0.2) is 0 Å². The normalized spacial score (nSPS) is 13.6. The van der Waals surface area contributed by atoms with Gasteiger partial charge in [-0.05, 0) is 42.5 Å². The van der Waals surface area contributed by atoms with Gasteiger partial charge in [0.05, 0.1) is 24.6 Å². The summed E-state index contributed by atoms with van der Waals surface area (Å²) in [5.41, 5.74) is 1.41. The second-order valence-corrected chi connectivity index (χ2v) is 5.73. The highest BCUT2D eigenvalue weighted by molar-refractivity contribution is 6.01. The molecule has 124 valence electrons. The van der Waals surface area contributed by atoms with Crippen LogP contribution >= 0.6 is 0 Å². The molecular weight excluding hydrogens is 318 g/mol. The van der Waals surface area contributed by atoms with Crippen molar-refractivity contribution in [1.82, 2.24) is 0 Å². The van der Waals surface area contributed by atoms with Crippen LogP contribution in [0.4, 0.5) is 11.6 Å². The van der Waals surface area contributed by atoms with Gasteiger partial charge in [-0.1, -0.05) is 18.2 Å². The van der Waals surface area contributed by atoms with Crippen molar-refractivity contribution in [3.8, 4) is 5.75 Å². The van der Waals surface area contributed by atoms with Gasteiger partial charge in [-0.2, -0.15) is 0 Å². The smallest absolute Gasteiger partial charge is 0.212 e. The van der Waals surface area contributed by atoms with Gasteiger partial charge in [-0.15, -0.1) is 0 Å². The molecule has 0 saturated heterocycles. The first-order valence-electron chi connectivity index (χ1n) is 7.86. The second kappa shape index (κ2) is 5.94. The Bertz CT molecular complexity index is 1050. The number of fused-ring (bicyclic) bond motifs is 2. The average Bonchev–Trinajstić information content (AvgIpc) is 2.82. The topological polar surface area (TPSA) is 59.8 Å². The lowest BCUT2D eigenvalue weighted by Crippen LogP contribution is -2.24. The van der Waals surface area contributed by atoms with E-state index < -0.39 is 0 Å². The Hall–Kier alpha value is -3.34. The molecule has 5 nitrogen and oxygen atoms in total. The summed E-state index contributed by atoms with van der Waals surface area (Å²) in [5.74, 6) is 0.848. The molecule has 0 aliphatic carbocycles. The zero-order chi connectivity index (χ0) is 17.4. The summed E-state index contributed by atoms with van der Waals surface area (Å²) in [5, 5.41) is 0.421. The number of nitrogens with zero attached hydrogens (tertiary/aromatic N) is 1. The van der Waals surface area contributed by atoms with Gasteiger partial charge in [-0.3, -0.25) is 9.59 Å². The van der Waals surface area contributed by atoms with Crippen LogP contribution in [-0.4, -0.2) is 19.4 Å². The van der Waals surface area contributed by atoms with Crippen molar-refractivity contribution in [3.63, 3.8) is 0 Å². The molecule has 0 N–H and O–H groups in total. The minimum absolute atomic E-state index is 0.101. The van der Waals surface area contributed by atoms with Gasteiger partial charge in [0, 0.05) is 5.69 Å². The van der Waals surface area contributed by atoms with E-state index in [1.165, 1.54) is 12.2 Å². The molecule has 0 atom stereocenters. The minimum Gasteiger partial charge on any atom is -0.497 e. The lowest BCUT2D eigenvalue weighted by atomic mass is 10.1. The van der Waals surface area contributed by atoms with Gasteiger partial charge in [0.2, 0.25) is 11.3 Å². The molecule has 0 spiro atoms. The quantitative estimate of drug-likeness (QED) is 0.718. The number of carbonyl (C=O) groups is 1. The number of methoxy groups -OCH3 is 1. The van der Waals surface area contributed by atoms with E-state index >= 15 is 0 Å². The Balaban J connectivity index is 2.01. The molecule has 1 aliphatic rings. The highest BCUT2D eigenvalue weighted by Gasteiger charge is 2.24. The summed E-state index contributed by atoms with van der Waals surface area (Å²) in [6.45, 7) is 0.109. The Morgan fingerprint density at radius 3 is 2.60 bits per heavy atom. The SMILES string of the molecule is COc1ccc2oc3c(c(=O)c2c1)C=CC(=O)CN3c1ccccc1. The number of ether oxygens (including phenoxy) is 1. The fraction of sp³-hybridized carbons (Fsp3) is 0.100. The van der Waals surface area contributed by atoms with Crippen molar-refractivity contribution >= 4 is 34.4 Å². The van der Waals surface area contributed by atoms with Crippen molar-refractivity contribution in [3.05, 3.63) is 70.4 Å². The molecule has 0 fully saturated rings. The van der Waals surface area contributed by atoms with Crippen LogP contribution < -0.4 is 15.1 Å². The van der Waals surface area contributed by atoms with Crippen LogP contribution in [0, 0.1) is 0 Å². The Labute approximate surface area is 143 Å². The highest BCUT2D eigenvalue weighted by Crippen LogP contribution is 2.33. The number of hydrogen-bond acceptors (Lipinski definition) is 5. The standard InChI is InChI=1S/C20H15NO4/c1-24-15-8-10-18-17(11-15)19(23)16-9-7-14(22)12-21(20(16)25-18)13-5-3-2-4-6-13/h2-11H,12H2,1H3. The van der Waals surface area contributed by atoms with Gasteiger partial charge in [0.15, 0.2) is 5.78 Å². The summed E-state index contributed by atoms with van der Waals surface area (Å²) >= 11 is 0. The molecule has 2 aromatic carbocycles. The van der Waals surface area contributed by atoms with Crippen LogP contribution in [0.15, 0.2) is 63.8 Å². The number of para-hydroxylation sites is 1. The zero-order valence-corrected chi connectivity index (χ0v) is 13.6. The average molecular weight is 333 g/mol. The van der Waals surface area contributed by atoms with Crippen LogP contribution in [0.3, 0.4) is 0 Å². The number of anilines is 2. The van der Waals surface area contributed by atoms with Crippen molar-refractivity contribution in [2.75, 3.05) is 18.6 Å². The Kier molecular flexibility index (Phi) is 3.61. The monoisotopic (exact) mass is 333 g/mol. The van der Waals surface area contributed by atoms with E-state index in [0.717, 1.165) is 5.69 Å². The third-order valence-corrected chi connectivity index (χ3v) is 4.18. The third-order valence-electron chi connectivity index (χ3n) is 4.18. The number of hydrogen-bond donors (Lipinski definition) is 0. The van der Waals surface area contributed by atoms with Crippen molar-refractivity contribution in [2.24, 2.45) is 0 Å². The molecule has 4 rings (SSSR count). The largest absolute Gasteiger partial charge is 0.497 e. The number of rotatable bonds is 2. The van der Waals surface area contributed by atoms with Crippen molar-refractivity contribution in [1.29, 1.82) is 0 Å². The molecule has 0 bridgehead atoms. The minimum atomic E-state index is -0.193. The van der Waals surface area contributed by atoms with E-state index in [-0.39, 0.29) is 17.8 Å². The van der Waals surface area contributed by atoms with Crippen molar-refractivity contribution < 1.29 is 13.9 Å². The lowest BCUT2D eigenvalue weighted by Gasteiger charge is -2.22. The predicted octanol–water partition coefficient (Wildman–Crippen LogP) is 3.54. The lowest BCUT2D eigenvalue weighted by molar-refractivity contribution is -0.113. The third kappa shape index (κ3) is 2.59. The van der Waals surface area contributed by atoms with E-state index in [1.807, 2.05) is 30.3 Å². The molecule has 0 radical (unpaired) electrons. The van der Waals surface area contributed by atoms with Crippen LogP contribution in [-0.2, 0) is 4.79 Å². The number of benzene rings is 2. The molecular formula is C20H15NO4. The first kappa shape index (κ1) is 15.2. The number of carbonyl (C=O) groups excluding carboxylic acids is 1. The molecule has 5 heteroatoms. The number of ketones is 1. The van der Waals surface area contributed by atoms with E-state index in [9.17, 15) is 9.59 Å². The molecule has 0 amide bonds. The molecule has 2 heterocycles. The van der Waals surface area contributed by atoms with Gasteiger partial charge in [0.25, 0.3) is 0 Å². The van der Waals surface area contributed by atoms with Gasteiger partial charge >= 0.3 is 0 Å². The fourth-order valence-corrected chi connectivity index (χ4v) is 2.92. The Morgan fingerprint density at radius 1 is 1.04 bits per heavy atom. The van der Waals surface area contributed by atoms with Crippen molar-refractivity contribution in [2.45, 2.75) is 0 Å². The van der Waals surface area contributed by atoms with Crippen LogP contribution in [0.5, 0.6) is 5.75 Å². The predicted molar refractivity (Wildman–Crippen MR) is 96.5 cm³/mol. The first-order chi connectivity index (χ1) is 12.2. The van der Waals surface area contributed by atoms with Crippen LogP contribution in [0.1, 0.15) is 5.56 Å². The molecule has 3 aromatic rings. The van der Waals surface area contributed by atoms with E-state index in [0.29, 0.717) is 28.2 Å². The van der Waals surface area contributed by atoms with Gasteiger partial charge < -0.3 is 14.1 Å². The Morgan fingerprint density at radius 2 is 1.84 bits per heavy atom. The van der Waals surface area contributed by atoms with Gasteiger partial charge in [0.1, 0.15) is 11.3 Å². The van der Waals surface area contributed by atoms with Crippen LogP contribution in [0.2, 0.25) is 0 Å². The zero-order valence-electron chi connectivity index (χ0n) is 13.6. The van der Waals surface area contributed by atoms with E-state index in [4.69, 9.17) is 9.15 Å². The maximum atomic E-state index is 13.0. The maximum absolute atomic E-state index is 13.0. The summed E-state index contributed by atoms with van der Waals surface area (Å²) in [6, 6.07) is 14.5. The second-order valence-electron chi connectivity index (χ2n) is 5.73. The summed E-state index contributed by atoms with van der Waals surface area (Å²) < 4.78 is 11.2. The molecule has 25 heavy (non-hydrogen) atoms. The molecule has 1 aliphatic heterocycles. The summed E-state index contributed by atoms with van der Waals surface area (Å²) in [4.78, 5) is 26.8. The van der Waals surface area contributed by atoms with E-state index in [1.54, 1.807) is 30.2 Å². The molecule has 1 aromatic heterocycles. The molecule has 0 saturated carbocycles. The highest BCUT2D eigenvalue weighted by atomic mass is 16.5. The van der Waals surface area contributed by atoms with Crippen LogP contribution in [0.25, 0.3) is 17.0 Å². The molecule has 0 unspecified atom stereocenters. The fourth-order valence-electron chi connectivity index (χ4n) is 2.92. The maximum Gasteiger partial charge on any atom is 0.212 e. The summed E-state index contributed by atoms with van der Waals surface area (Å²) in [6.07, 6.45) is 2.95. The first-order valence-corrected chi connectivity index (χ1v) is 7.86.